The molecule has 12 nitrogen and oxygen atoms in total. The number of amidine groups is 2. The Labute approximate surface area is 324 Å². The number of alkyl halides is 6. The number of aryl methyl sites for hydroxylation is 2. The molecule has 0 spiro atoms. The van der Waals surface area contributed by atoms with E-state index in [1.165, 1.54) is 0 Å². The molecule has 3 aromatic heterocycles. The minimum Gasteiger partial charge on any atom is -0.409 e. The Bertz CT molecular complexity index is 2760. The standard InChI is InChI=1S/C20H16F3N5O2.C20H17F3N4O/c1-9-17(10(2)30-28-9)18-14(11-3-4-16-12(5-11)8-25-26-16)6-13(20(21,22)23)7-15(18)19(24)27-29;21-20(22,23)14-8-15(12-5-6-17-13(7-12)10-25-26-17)18(11-3-1-2-4-11)16(9-14)19(24)27-28/h3-8,29H,1-2H3,(H2,24,27)(H,25,26);3,5-10,28H,1-2,4H2,(H2,24,27)(H,25,26). The summed E-state index contributed by atoms with van der Waals surface area (Å²) in [5, 5.41) is 43.3. The van der Waals surface area contributed by atoms with Gasteiger partial charge in [0.05, 0.1) is 40.2 Å². The monoisotopic (exact) mass is 801 g/mol. The molecule has 18 heteroatoms. The zero-order valence-corrected chi connectivity index (χ0v) is 30.6. The predicted molar refractivity (Wildman–Crippen MR) is 205 cm³/mol. The van der Waals surface area contributed by atoms with Crippen molar-refractivity contribution in [1.29, 1.82) is 0 Å². The third-order valence-corrected chi connectivity index (χ3v) is 9.85. The van der Waals surface area contributed by atoms with E-state index in [0.29, 0.717) is 44.8 Å². The molecule has 0 unspecified atom stereocenters. The van der Waals surface area contributed by atoms with Crippen LogP contribution >= 0.6 is 0 Å². The fourth-order valence-electron chi connectivity index (χ4n) is 7.15. The van der Waals surface area contributed by atoms with Gasteiger partial charge in [-0.1, -0.05) is 33.7 Å². The second-order valence-corrected chi connectivity index (χ2v) is 13.5. The molecule has 0 aliphatic heterocycles. The fraction of sp³-hybridized carbons (Fsp3) is 0.175. The summed E-state index contributed by atoms with van der Waals surface area (Å²) < 4.78 is 87.0. The lowest BCUT2D eigenvalue weighted by atomic mass is 9.87. The highest BCUT2D eigenvalue weighted by Gasteiger charge is 2.35. The van der Waals surface area contributed by atoms with Gasteiger partial charge in [0.15, 0.2) is 11.7 Å². The highest BCUT2D eigenvalue weighted by Crippen LogP contribution is 2.44. The maximum Gasteiger partial charge on any atom is 0.416 e. The van der Waals surface area contributed by atoms with Crippen LogP contribution in [-0.2, 0) is 12.4 Å². The van der Waals surface area contributed by atoms with Gasteiger partial charge in [0.2, 0.25) is 0 Å². The smallest absolute Gasteiger partial charge is 0.409 e. The number of fused-ring (bicyclic) bond motifs is 2. The summed E-state index contributed by atoms with van der Waals surface area (Å²) >= 11 is 0. The van der Waals surface area contributed by atoms with E-state index in [-0.39, 0.29) is 22.5 Å². The quantitative estimate of drug-likeness (QED) is 0.0314. The number of hydrogen-bond donors (Lipinski definition) is 6. The van der Waals surface area contributed by atoms with Crippen molar-refractivity contribution >= 4 is 39.1 Å². The summed E-state index contributed by atoms with van der Waals surface area (Å²) in [4.78, 5) is 0. The van der Waals surface area contributed by atoms with Gasteiger partial charge in [-0.15, -0.1) is 0 Å². The number of H-pyrrole nitrogens is 2. The Morgan fingerprint density at radius 2 is 1.21 bits per heavy atom. The van der Waals surface area contributed by atoms with Crippen molar-refractivity contribution in [1.82, 2.24) is 25.6 Å². The van der Waals surface area contributed by atoms with Crippen molar-refractivity contribution < 1.29 is 41.3 Å². The van der Waals surface area contributed by atoms with Gasteiger partial charge in [0, 0.05) is 33.0 Å². The van der Waals surface area contributed by atoms with Gasteiger partial charge in [-0.25, -0.2) is 0 Å². The van der Waals surface area contributed by atoms with Gasteiger partial charge in [-0.05, 0) is 115 Å². The first-order chi connectivity index (χ1) is 27.6. The molecule has 4 aromatic carbocycles. The molecule has 8 N–H and O–H groups in total. The van der Waals surface area contributed by atoms with E-state index < -0.39 is 29.3 Å². The molecule has 8 rings (SSSR count). The summed E-state index contributed by atoms with van der Waals surface area (Å²) in [6.45, 7) is 3.31. The Balaban J connectivity index is 0.000000177. The molecular formula is C40H33F6N9O3. The van der Waals surface area contributed by atoms with E-state index in [4.69, 9.17) is 16.0 Å². The molecule has 0 atom stereocenters. The van der Waals surface area contributed by atoms with Gasteiger partial charge >= 0.3 is 12.4 Å². The zero-order valence-electron chi connectivity index (χ0n) is 30.6. The molecule has 1 aliphatic rings. The van der Waals surface area contributed by atoms with E-state index in [0.717, 1.165) is 70.9 Å². The van der Waals surface area contributed by atoms with Crippen LogP contribution in [0, 0.1) is 13.8 Å². The van der Waals surface area contributed by atoms with E-state index in [2.05, 4.69) is 35.9 Å². The van der Waals surface area contributed by atoms with Crippen LogP contribution in [0.25, 0.3) is 60.8 Å². The van der Waals surface area contributed by atoms with Crippen molar-refractivity contribution in [2.24, 2.45) is 21.8 Å². The number of allylic oxidation sites excluding steroid dienone is 2. The molecule has 0 saturated heterocycles. The number of aromatic nitrogens is 5. The number of oxime groups is 2. The Kier molecular flexibility index (Phi) is 10.2. The molecule has 298 valence electrons. The number of aromatic amines is 2. The minimum absolute atomic E-state index is 0.0766. The van der Waals surface area contributed by atoms with Gasteiger partial charge in [0.25, 0.3) is 0 Å². The lowest BCUT2D eigenvalue weighted by molar-refractivity contribution is -0.138. The highest BCUT2D eigenvalue weighted by atomic mass is 19.4. The molecule has 0 amide bonds. The van der Waals surface area contributed by atoms with Crippen LogP contribution in [0.2, 0.25) is 0 Å². The van der Waals surface area contributed by atoms with Gasteiger partial charge in [-0.3, -0.25) is 10.2 Å². The largest absolute Gasteiger partial charge is 0.416 e. The molecular weight excluding hydrogens is 768 g/mol. The summed E-state index contributed by atoms with van der Waals surface area (Å²) in [6.07, 6.45) is -1.55. The van der Waals surface area contributed by atoms with Crippen molar-refractivity contribution in [2.45, 2.75) is 45.5 Å². The van der Waals surface area contributed by atoms with Crippen LogP contribution in [0.15, 0.2) is 94.0 Å². The predicted octanol–water partition coefficient (Wildman–Crippen LogP) is 9.53. The average molecular weight is 802 g/mol. The molecule has 3 heterocycles. The molecule has 1 aliphatic carbocycles. The van der Waals surface area contributed by atoms with Crippen LogP contribution in [0.1, 0.15) is 58.5 Å². The summed E-state index contributed by atoms with van der Waals surface area (Å²) in [6, 6.07) is 14.4. The topological polar surface area (TPSA) is 201 Å². The van der Waals surface area contributed by atoms with Crippen LogP contribution in [-0.4, -0.2) is 47.6 Å². The van der Waals surface area contributed by atoms with Crippen molar-refractivity contribution in [2.75, 3.05) is 0 Å². The lowest BCUT2D eigenvalue weighted by Crippen LogP contribution is -2.18. The minimum atomic E-state index is -4.64. The third kappa shape index (κ3) is 7.42. The van der Waals surface area contributed by atoms with Crippen LogP contribution in [0.5, 0.6) is 0 Å². The summed E-state index contributed by atoms with van der Waals surface area (Å²) in [5.74, 6) is -0.411. The molecule has 7 aromatic rings. The second-order valence-electron chi connectivity index (χ2n) is 13.5. The maximum absolute atomic E-state index is 13.7. The number of benzene rings is 4. The number of halogens is 6. The van der Waals surface area contributed by atoms with Crippen molar-refractivity contribution in [3.05, 3.63) is 118 Å². The molecule has 58 heavy (non-hydrogen) atoms. The average Bonchev–Trinajstić information content (AvgIpc) is 4.04. The second kappa shape index (κ2) is 15.1. The fourth-order valence-corrected chi connectivity index (χ4v) is 7.15. The van der Waals surface area contributed by atoms with E-state index in [1.807, 2.05) is 6.08 Å². The summed E-state index contributed by atoms with van der Waals surface area (Å²) in [5.41, 5.74) is 15.8. The van der Waals surface area contributed by atoms with Gasteiger partial charge in [-0.2, -0.15) is 36.5 Å². The SMILES string of the molecule is Cc1noc(C)c1-c1c(C(N)=NO)cc(C(F)(F)F)cc1-c1ccc2[nH]ncc2c1.NC(=NO)c1cc(C(F)(F)F)cc(-c2ccc3[nH]ncc3c2)c1C1=CCCC1. The normalized spacial score (nSPS) is 13.9. The van der Waals surface area contributed by atoms with E-state index >= 15 is 0 Å². The summed E-state index contributed by atoms with van der Waals surface area (Å²) in [7, 11) is 0. The van der Waals surface area contributed by atoms with Crippen molar-refractivity contribution in [3.63, 3.8) is 0 Å². The molecule has 0 bridgehead atoms. The van der Waals surface area contributed by atoms with Gasteiger partial charge < -0.3 is 26.4 Å². The maximum atomic E-state index is 13.7. The number of nitrogens with zero attached hydrogens (tertiary/aromatic N) is 5. The number of nitrogens with two attached hydrogens (primary N) is 2. The van der Waals surface area contributed by atoms with Crippen LogP contribution < -0.4 is 11.5 Å². The Morgan fingerprint density at radius 3 is 1.64 bits per heavy atom. The van der Waals surface area contributed by atoms with E-state index in [1.54, 1.807) is 62.6 Å². The molecule has 0 fully saturated rings. The Morgan fingerprint density at radius 1 is 0.707 bits per heavy atom. The van der Waals surface area contributed by atoms with Crippen molar-refractivity contribution in [3.8, 4) is 33.4 Å². The van der Waals surface area contributed by atoms with Gasteiger partial charge in [0.1, 0.15) is 5.76 Å². The highest BCUT2D eigenvalue weighted by molar-refractivity contribution is 6.08. The first-order valence-electron chi connectivity index (χ1n) is 17.5. The third-order valence-electron chi connectivity index (χ3n) is 9.85. The molecule has 0 radical (unpaired) electrons. The van der Waals surface area contributed by atoms with Crippen LogP contribution in [0.3, 0.4) is 0 Å². The first kappa shape index (κ1) is 39.1. The van der Waals surface area contributed by atoms with Crippen LogP contribution in [0.4, 0.5) is 26.3 Å². The van der Waals surface area contributed by atoms with E-state index in [9.17, 15) is 36.8 Å². The first-order valence-corrected chi connectivity index (χ1v) is 17.5. The number of rotatable bonds is 6. The number of nitrogens with one attached hydrogen (secondary N) is 2. The number of hydrogen-bond acceptors (Lipinski definition) is 8. The lowest BCUT2D eigenvalue weighted by Gasteiger charge is -2.19. The molecule has 0 saturated carbocycles. The Hall–Kier alpha value is -7.11. The zero-order chi connectivity index (χ0) is 41.5.